The molecule has 0 atom stereocenters. The van der Waals surface area contributed by atoms with Gasteiger partial charge in [-0.1, -0.05) is 36.6 Å². The fourth-order valence-corrected chi connectivity index (χ4v) is 4.41. The van der Waals surface area contributed by atoms with Crippen molar-refractivity contribution in [3.8, 4) is 0 Å². The molecule has 1 heterocycles. The first-order valence-corrected chi connectivity index (χ1v) is 8.92. The van der Waals surface area contributed by atoms with E-state index in [9.17, 15) is 8.42 Å². The number of benzene rings is 1. The molecule has 1 aliphatic rings. The van der Waals surface area contributed by atoms with Gasteiger partial charge in [-0.25, -0.2) is 18.1 Å². The molecular formula is C15H17ClN2O2S. The highest BCUT2D eigenvalue weighted by atomic mass is 35.5. The highest BCUT2D eigenvalue weighted by molar-refractivity contribution is 7.89. The summed E-state index contributed by atoms with van der Waals surface area (Å²) in [7, 11) is -3.57. The number of nitrogens with zero attached hydrogens (tertiary/aromatic N) is 1. The van der Waals surface area contributed by atoms with Crippen molar-refractivity contribution in [2.45, 2.75) is 43.5 Å². The van der Waals surface area contributed by atoms with E-state index in [1.807, 2.05) is 19.1 Å². The third-order valence-electron chi connectivity index (χ3n) is 3.90. The first-order valence-electron chi connectivity index (χ1n) is 7.05. The minimum atomic E-state index is -3.57. The number of aryl methyl sites for hydroxylation is 1. The fourth-order valence-electron chi connectivity index (χ4n) is 2.80. The Morgan fingerprint density at radius 3 is 2.71 bits per heavy atom. The van der Waals surface area contributed by atoms with Gasteiger partial charge in [0.25, 0.3) is 0 Å². The summed E-state index contributed by atoms with van der Waals surface area (Å²) in [6.45, 7) is 1.85. The molecule has 1 aromatic heterocycles. The molecule has 0 amide bonds. The van der Waals surface area contributed by atoms with Gasteiger partial charge in [0.2, 0.25) is 10.0 Å². The van der Waals surface area contributed by atoms with Gasteiger partial charge >= 0.3 is 0 Å². The van der Waals surface area contributed by atoms with Crippen molar-refractivity contribution in [1.82, 2.24) is 9.71 Å². The normalized spacial score (nSPS) is 16.7. The number of hydrogen-bond acceptors (Lipinski definition) is 3. The van der Waals surface area contributed by atoms with Crippen LogP contribution in [0.2, 0.25) is 5.15 Å². The number of fused-ring (bicyclic) bond motifs is 1. The van der Waals surface area contributed by atoms with Crippen LogP contribution in [0.25, 0.3) is 10.9 Å². The number of sulfonamides is 1. The molecule has 0 radical (unpaired) electrons. The highest BCUT2D eigenvalue weighted by Crippen LogP contribution is 2.27. The molecule has 1 saturated carbocycles. The SMILES string of the molecule is Cc1cc2cccc(S(=O)(=O)NC3CCCC3)c2nc1Cl. The van der Waals surface area contributed by atoms with Crippen molar-refractivity contribution in [1.29, 1.82) is 0 Å². The smallest absolute Gasteiger partial charge is 0.234 e. The molecule has 1 aromatic carbocycles. The Morgan fingerprint density at radius 1 is 1.29 bits per heavy atom. The van der Waals surface area contributed by atoms with Crippen molar-refractivity contribution in [2.24, 2.45) is 0 Å². The quantitative estimate of drug-likeness (QED) is 0.880. The average Bonchev–Trinajstić information content (AvgIpc) is 2.91. The minimum absolute atomic E-state index is 0.0335. The van der Waals surface area contributed by atoms with E-state index in [-0.39, 0.29) is 10.9 Å². The number of para-hydroxylation sites is 1. The van der Waals surface area contributed by atoms with Crippen LogP contribution in [-0.4, -0.2) is 19.4 Å². The van der Waals surface area contributed by atoms with Gasteiger partial charge in [-0.3, -0.25) is 0 Å². The van der Waals surface area contributed by atoms with Crippen LogP contribution in [0.1, 0.15) is 31.2 Å². The molecular weight excluding hydrogens is 308 g/mol. The first kappa shape index (κ1) is 14.8. The monoisotopic (exact) mass is 324 g/mol. The summed E-state index contributed by atoms with van der Waals surface area (Å²) in [6.07, 6.45) is 3.95. The van der Waals surface area contributed by atoms with E-state index in [0.29, 0.717) is 10.7 Å². The van der Waals surface area contributed by atoms with Crippen LogP contribution in [0.4, 0.5) is 0 Å². The Kier molecular flexibility index (Phi) is 3.90. The van der Waals surface area contributed by atoms with Crippen LogP contribution < -0.4 is 4.72 Å². The van der Waals surface area contributed by atoms with Gasteiger partial charge in [0.05, 0.1) is 5.52 Å². The molecule has 6 heteroatoms. The van der Waals surface area contributed by atoms with E-state index in [1.54, 1.807) is 12.1 Å². The van der Waals surface area contributed by atoms with Crippen LogP contribution in [0.15, 0.2) is 29.2 Å². The lowest BCUT2D eigenvalue weighted by Crippen LogP contribution is -2.32. The van der Waals surface area contributed by atoms with Crippen molar-refractivity contribution in [3.63, 3.8) is 0 Å². The molecule has 0 bridgehead atoms. The van der Waals surface area contributed by atoms with Gasteiger partial charge in [-0.05, 0) is 37.5 Å². The maximum Gasteiger partial charge on any atom is 0.242 e. The number of pyridine rings is 1. The van der Waals surface area contributed by atoms with E-state index in [1.165, 1.54) is 0 Å². The van der Waals surface area contributed by atoms with Crippen LogP contribution in [0.5, 0.6) is 0 Å². The molecule has 0 unspecified atom stereocenters. The first-order chi connectivity index (χ1) is 9.97. The highest BCUT2D eigenvalue weighted by Gasteiger charge is 2.25. The topological polar surface area (TPSA) is 59.1 Å². The van der Waals surface area contributed by atoms with Gasteiger partial charge in [0.1, 0.15) is 10.0 Å². The number of nitrogens with one attached hydrogen (secondary N) is 1. The summed E-state index contributed by atoms with van der Waals surface area (Å²) in [5.41, 5.74) is 1.26. The van der Waals surface area contributed by atoms with Crippen LogP contribution in [0.3, 0.4) is 0 Å². The summed E-state index contributed by atoms with van der Waals surface area (Å²) in [4.78, 5) is 4.46. The maximum atomic E-state index is 12.6. The van der Waals surface area contributed by atoms with E-state index in [0.717, 1.165) is 36.6 Å². The molecule has 112 valence electrons. The predicted octanol–water partition coefficient (Wildman–Crippen LogP) is 3.42. The molecule has 1 N–H and O–H groups in total. The summed E-state index contributed by atoms with van der Waals surface area (Å²) in [6, 6.07) is 7.06. The maximum absolute atomic E-state index is 12.6. The van der Waals surface area contributed by atoms with Gasteiger partial charge in [0, 0.05) is 11.4 Å². The molecule has 1 fully saturated rings. The summed E-state index contributed by atoms with van der Waals surface area (Å²) < 4.78 is 28.0. The fraction of sp³-hybridized carbons (Fsp3) is 0.400. The Balaban J connectivity index is 2.08. The van der Waals surface area contributed by atoms with Crippen molar-refractivity contribution >= 4 is 32.5 Å². The number of aromatic nitrogens is 1. The zero-order chi connectivity index (χ0) is 15.0. The van der Waals surface area contributed by atoms with Crippen molar-refractivity contribution in [3.05, 3.63) is 35.0 Å². The average molecular weight is 325 g/mol. The predicted molar refractivity (Wildman–Crippen MR) is 84.1 cm³/mol. The lowest BCUT2D eigenvalue weighted by molar-refractivity contribution is 0.553. The standard InChI is InChI=1S/C15H17ClN2O2S/c1-10-9-11-5-4-8-13(14(11)17-15(10)16)21(19,20)18-12-6-2-3-7-12/h4-5,8-9,12,18H,2-3,6-7H2,1H3. The Bertz CT molecular complexity index is 784. The minimum Gasteiger partial charge on any atom is -0.234 e. The number of hydrogen-bond donors (Lipinski definition) is 1. The van der Waals surface area contributed by atoms with E-state index in [2.05, 4.69) is 9.71 Å². The van der Waals surface area contributed by atoms with Crippen LogP contribution in [-0.2, 0) is 10.0 Å². The second kappa shape index (κ2) is 5.55. The molecule has 21 heavy (non-hydrogen) atoms. The summed E-state index contributed by atoms with van der Waals surface area (Å²) in [5.74, 6) is 0. The molecule has 0 aliphatic heterocycles. The Morgan fingerprint density at radius 2 is 2.00 bits per heavy atom. The molecule has 0 spiro atoms. The summed E-state index contributed by atoms with van der Waals surface area (Å²) >= 11 is 6.05. The zero-order valence-electron chi connectivity index (χ0n) is 11.8. The Hall–Kier alpha value is -1.17. The summed E-state index contributed by atoms with van der Waals surface area (Å²) in [5, 5.41) is 1.12. The third-order valence-corrected chi connectivity index (χ3v) is 5.84. The van der Waals surface area contributed by atoms with Gasteiger partial charge in [0.15, 0.2) is 0 Å². The molecule has 3 rings (SSSR count). The van der Waals surface area contributed by atoms with Crippen molar-refractivity contribution < 1.29 is 8.42 Å². The molecule has 1 aliphatic carbocycles. The largest absolute Gasteiger partial charge is 0.242 e. The van der Waals surface area contributed by atoms with E-state index >= 15 is 0 Å². The van der Waals surface area contributed by atoms with Crippen LogP contribution >= 0.6 is 11.6 Å². The van der Waals surface area contributed by atoms with Crippen molar-refractivity contribution in [2.75, 3.05) is 0 Å². The number of rotatable bonds is 3. The van der Waals surface area contributed by atoms with Gasteiger partial charge < -0.3 is 0 Å². The van der Waals surface area contributed by atoms with E-state index in [4.69, 9.17) is 11.6 Å². The number of halogens is 1. The molecule has 0 saturated heterocycles. The second-order valence-corrected chi connectivity index (χ2v) is 7.57. The molecule has 2 aromatic rings. The molecule has 4 nitrogen and oxygen atoms in total. The lowest BCUT2D eigenvalue weighted by atomic mass is 10.2. The van der Waals surface area contributed by atoms with Gasteiger partial charge in [-0.15, -0.1) is 0 Å². The third kappa shape index (κ3) is 2.91. The van der Waals surface area contributed by atoms with Crippen LogP contribution in [0, 0.1) is 6.92 Å². The van der Waals surface area contributed by atoms with E-state index < -0.39 is 10.0 Å². The second-order valence-electron chi connectivity index (χ2n) is 5.53. The Labute approximate surface area is 129 Å². The van der Waals surface area contributed by atoms with Gasteiger partial charge in [-0.2, -0.15) is 0 Å². The lowest BCUT2D eigenvalue weighted by Gasteiger charge is -2.14. The zero-order valence-corrected chi connectivity index (χ0v) is 13.3.